The fourth-order valence-electron chi connectivity index (χ4n) is 4.34. The van der Waals surface area contributed by atoms with Crippen molar-refractivity contribution in [1.82, 2.24) is 15.0 Å². The summed E-state index contributed by atoms with van der Waals surface area (Å²) >= 11 is 0. The molecule has 0 aliphatic carbocycles. The number of carbonyl (C=O) groups is 2. The lowest BCUT2D eigenvalue weighted by Crippen LogP contribution is -2.38. The first kappa shape index (κ1) is 22.7. The molecule has 1 amide bonds. The summed E-state index contributed by atoms with van der Waals surface area (Å²) < 4.78 is 5.43. The Bertz CT molecular complexity index is 1300. The SMILES string of the molecule is O=C(c1ccccc1)c1ccccc1NC(=O)C1CCN(Cc2nc(-c3ccccc3)no2)CC1. The van der Waals surface area contributed by atoms with Crippen molar-refractivity contribution in [2.45, 2.75) is 19.4 Å². The second-order valence-corrected chi connectivity index (χ2v) is 8.66. The number of anilines is 1. The van der Waals surface area contributed by atoms with Gasteiger partial charge in [0, 0.05) is 22.6 Å². The molecular weight excluding hydrogens is 440 g/mol. The van der Waals surface area contributed by atoms with Crippen LogP contribution in [-0.2, 0) is 11.3 Å². The van der Waals surface area contributed by atoms with Crippen molar-refractivity contribution >= 4 is 17.4 Å². The minimum Gasteiger partial charge on any atom is -0.338 e. The molecule has 1 aliphatic heterocycles. The van der Waals surface area contributed by atoms with E-state index in [0.29, 0.717) is 35.1 Å². The predicted octanol–water partition coefficient (Wildman–Crippen LogP) is 4.82. The van der Waals surface area contributed by atoms with Gasteiger partial charge >= 0.3 is 0 Å². The van der Waals surface area contributed by atoms with Crippen molar-refractivity contribution in [3.8, 4) is 11.4 Å². The minimum atomic E-state index is -0.117. The maximum absolute atomic E-state index is 13.0. The summed E-state index contributed by atoms with van der Waals surface area (Å²) in [6, 6.07) is 26.0. The number of amides is 1. The summed E-state index contributed by atoms with van der Waals surface area (Å²) in [5.41, 5.74) is 2.56. The number of aromatic nitrogens is 2. The Morgan fingerprint density at radius 1 is 0.886 bits per heavy atom. The van der Waals surface area contributed by atoms with Crippen molar-refractivity contribution in [2.75, 3.05) is 18.4 Å². The van der Waals surface area contributed by atoms with Gasteiger partial charge in [-0.3, -0.25) is 14.5 Å². The molecule has 35 heavy (non-hydrogen) atoms. The van der Waals surface area contributed by atoms with Crippen molar-refractivity contribution < 1.29 is 14.1 Å². The molecule has 2 heterocycles. The lowest BCUT2D eigenvalue weighted by Gasteiger charge is -2.30. The quantitative estimate of drug-likeness (QED) is 0.393. The van der Waals surface area contributed by atoms with Gasteiger partial charge in [-0.15, -0.1) is 0 Å². The van der Waals surface area contributed by atoms with E-state index < -0.39 is 0 Å². The molecule has 1 aliphatic rings. The summed E-state index contributed by atoms with van der Waals surface area (Å²) in [5.74, 6) is 0.875. The van der Waals surface area contributed by atoms with Gasteiger partial charge in [-0.1, -0.05) is 78.0 Å². The van der Waals surface area contributed by atoms with Gasteiger partial charge < -0.3 is 9.84 Å². The van der Waals surface area contributed by atoms with Gasteiger partial charge in [0.05, 0.1) is 12.2 Å². The Morgan fingerprint density at radius 3 is 2.29 bits per heavy atom. The number of hydrogen-bond acceptors (Lipinski definition) is 6. The van der Waals surface area contributed by atoms with Crippen LogP contribution in [0.2, 0.25) is 0 Å². The first-order valence-corrected chi connectivity index (χ1v) is 11.8. The molecule has 1 aromatic heterocycles. The second kappa shape index (κ2) is 10.4. The van der Waals surface area contributed by atoms with E-state index in [4.69, 9.17) is 4.52 Å². The molecule has 1 N–H and O–H groups in total. The van der Waals surface area contributed by atoms with Crippen LogP contribution in [0, 0.1) is 5.92 Å². The van der Waals surface area contributed by atoms with Crippen molar-refractivity contribution in [1.29, 1.82) is 0 Å². The molecule has 7 heteroatoms. The van der Waals surface area contributed by atoms with Crippen LogP contribution in [0.25, 0.3) is 11.4 Å². The molecule has 0 unspecified atom stereocenters. The highest BCUT2D eigenvalue weighted by Crippen LogP contribution is 2.24. The summed E-state index contributed by atoms with van der Waals surface area (Å²) in [6.07, 6.45) is 1.45. The number of nitrogens with zero attached hydrogens (tertiary/aromatic N) is 3. The zero-order valence-corrected chi connectivity index (χ0v) is 19.3. The average Bonchev–Trinajstić information content (AvgIpc) is 3.38. The molecule has 0 atom stereocenters. The first-order chi connectivity index (χ1) is 17.2. The molecule has 5 rings (SSSR count). The Kier molecular flexibility index (Phi) is 6.77. The van der Waals surface area contributed by atoms with E-state index in [0.717, 1.165) is 31.5 Å². The van der Waals surface area contributed by atoms with E-state index in [1.807, 2.05) is 60.7 Å². The maximum atomic E-state index is 13.0. The monoisotopic (exact) mass is 466 g/mol. The fraction of sp³-hybridized carbons (Fsp3) is 0.214. The molecule has 0 saturated carbocycles. The Labute approximate surface area is 203 Å². The average molecular weight is 467 g/mol. The van der Waals surface area contributed by atoms with Crippen molar-refractivity contribution in [3.63, 3.8) is 0 Å². The number of benzene rings is 3. The standard InChI is InChI=1S/C28H26N4O3/c33-26(20-9-3-1-4-10-20)23-13-7-8-14-24(23)29-28(34)22-15-17-32(18-16-22)19-25-30-27(31-35-25)21-11-5-2-6-12-21/h1-14,22H,15-19H2,(H,29,34). The Balaban J connectivity index is 1.17. The van der Waals surface area contributed by atoms with Gasteiger partial charge in [0.2, 0.25) is 17.6 Å². The molecular formula is C28H26N4O3. The van der Waals surface area contributed by atoms with E-state index in [-0.39, 0.29) is 17.6 Å². The van der Waals surface area contributed by atoms with E-state index in [9.17, 15) is 9.59 Å². The molecule has 3 aromatic carbocycles. The highest BCUT2D eigenvalue weighted by Gasteiger charge is 2.27. The third-order valence-corrected chi connectivity index (χ3v) is 6.28. The highest BCUT2D eigenvalue weighted by molar-refractivity contribution is 6.13. The third kappa shape index (κ3) is 5.36. The van der Waals surface area contributed by atoms with Crippen LogP contribution in [0.4, 0.5) is 5.69 Å². The van der Waals surface area contributed by atoms with Gasteiger partial charge in [-0.05, 0) is 38.1 Å². The topological polar surface area (TPSA) is 88.3 Å². The predicted molar refractivity (Wildman–Crippen MR) is 133 cm³/mol. The molecule has 0 spiro atoms. The van der Waals surface area contributed by atoms with Crippen LogP contribution in [0.5, 0.6) is 0 Å². The zero-order valence-electron chi connectivity index (χ0n) is 19.3. The van der Waals surface area contributed by atoms with Crippen LogP contribution in [0.3, 0.4) is 0 Å². The summed E-state index contributed by atoms with van der Waals surface area (Å²) in [6.45, 7) is 2.07. The van der Waals surface area contributed by atoms with Crippen molar-refractivity contribution in [2.24, 2.45) is 5.92 Å². The van der Waals surface area contributed by atoms with Gasteiger partial charge in [-0.2, -0.15) is 4.98 Å². The first-order valence-electron chi connectivity index (χ1n) is 11.8. The number of likely N-dealkylation sites (tertiary alicyclic amines) is 1. The lowest BCUT2D eigenvalue weighted by molar-refractivity contribution is -0.121. The fourth-order valence-corrected chi connectivity index (χ4v) is 4.34. The zero-order chi connectivity index (χ0) is 24.0. The number of ketones is 1. The van der Waals surface area contributed by atoms with Gasteiger partial charge in [0.1, 0.15) is 0 Å². The maximum Gasteiger partial charge on any atom is 0.241 e. The van der Waals surface area contributed by atoms with E-state index >= 15 is 0 Å². The van der Waals surface area contributed by atoms with Gasteiger partial charge in [-0.25, -0.2) is 0 Å². The van der Waals surface area contributed by atoms with Crippen LogP contribution in [0.15, 0.2) is 89.5 Å². The molecule has 4 aromatic rings. The van der Waals surface area contributed by atoms with Gasteiger partial charge in [0.15, 0.2) is 5.78 Å². The number of carbonyl (C=O) groups excluding carboxylic acids is 2. The molecule has 0 bridgehead atoms. The highest BCUT2D eigenvalue weighted by atomic mass is 16.5. The van der Waals surface area contributed by atoms with Crippen LogP contribution in [0.1, 0.15) is 34.7 Å². The molecule has 1 saturated heterocycles. The summed E-state index contributed by atoms with van der Waals surface area (Å²) in [7, 11) is 0. The summed E-state index contributed by atoms with van der Waals surface area (Å²) in [4.78, 5) is 32.7. The van der Waals surface area contributed by atoms with Crippen molar-refractivity contribution in [3.05, 3.63) is 102 Å². The number of para-hydroxylation sites is 1. The third-order valence-electron chi connectivity index (χ3n) is 6.28. The molecule has 0 radical (unpaired) electrons. The van der Waals surface area contributed by atoms with E-state index in [1.54, 1.807) is 24.3 Å². The van der Waals surface area contributed by atoms with Crippen LogP contribution >= 0.6 is 0 Å². The van der Waals surface area contributed by atoms with Crippen LogP contribution < -0.4 is 5.32 Å². The second-order valence-electron chi connectivity index (χ2n) is 8.66. The number of nitrogens with one attached hydrogen (secondary N) is 1. The number of hydrogen-bond donors (Lipinski definition) is 1. The van der Waals surface area contributed by atoms with E-state index in [1.165, 1.54) is 0 Å². The van der Waals surface area contributed by atoms with E-state index in [2.05, 4.69) is 20.4 Å². The number of rotatable bonds is 7. The largest absolute Gasteiger partial charge is 0.338 e. The normalized spacial score (nSPS) is 14.5. The Hall–Kier alpha value is -4.10. The number of piperidine rings is 1. The molecule has 1 fully saturated rings. The molecule has 7 nitrogen and oxygen atoms in total. The smallest absolute Gasteiger partial charge is 0.241 e. The Morgan fingerprint density at radius 2 is 1.54 bits per heavy atom. The lowest BCUT2D eigenvalue weighted by atomic mass is 9.95. The minimum absolute atomic E-state index is 0.0536. The van der Waals surface area contributed by atoms with Gasteiger partial charge in [0.25, 0.3) is 0 Å². The van der Waals surface area contributed by atoms with Crippen LogP contribution in [-0.4, -0.2) is 39.8 Å². The molecule has 176 valence electrons. The summed E-state index contributed by atoms with van der Waals surface area (Å²) in [5, 5.41) is 7.08.